The Labute approximate surface area is 120 Å². The summed E-state index contributed by atoms with van der Waals surface area (Å²) in [6.45, 7) is 0.388. The molecule has 1 amide bonds. The second-order valence-electron chi connectivity index (χ2n) is 5.01. The Bertz CT molecular complexity index is 651. The van der Waals surface area contributed by atoms with E-state index >= 15 is 0 Å². The SMILES string of the molecule is O=C(O)[C@@H]1C[C@H]1C(=O)NCc1ccc(-n2cncn2)cc1. The molecule has 0 bridgehead atoms. The molecule has 1 saturated carbocycles. The topological polar surface area (TPSA) is 97.1 Å². The van der Waals surface area contributed by atoms with E-state index in [0.717, 1.165) is 11.3 Å². The van der Waals surface area contributed by atoms with Gasteiger partial charge in [-0.05, 0) is 24.1 Å². The number of carboxylic acid groups (broad SMARTS) is 1. The molecule has 0 unspecified atom stereocenters. The van der Waals surface area contributed by atoms with E-state index in [1.807, 2.05) is 24.3 Å². The van der Waals surface area contributed by atoms with Crippen molar-refractivity contribution in [1.82, 2.24) is 20.1 Å². The molecule has 1 aromatic heterocycles. The van der Waals surface area contributed by atoms with Crippen LogP contribution in [0, 0.1) is 11.8 Å². The molecule has 1 aliphatic rings. The average molecular weight is 286 g/mol. The lowest BCUT2D eigenvalue weighted by Gasteiger charge is -2.06. The highest BCUT2D eigenvalue weighted by Gasteiger charge is 2.48. The second kappa shape index (κ2) is 5.35. The zero-order valence-electron chi connectivity index (χ0n) is 11.1. The summed E-state index contributed by atoms with van der Waals surface area (Å²) >= 11 is 0. The molecule has 7 nitrogen and oxygen atoms in total. The van der Waals surface area contributed by atoms with Gasteiger partial charge in [0.1, 0.15) is 12.7 Å². The Balaban J connectivity index is 1.54. The van der Waals surface area contributed by atoms with Crippen molar-refractivity contribution >= 4 is 11.9 Å². The molecule has 0 spiro atoms. The van der Waals surface area contributed by atoms with Gasteiger partial charge in [-0.3, -0.25) is 9.59 Å². The van der Waals surface area contributed by atoms with E-state index in [9.17, 15) is 9.59 Å². The van der Waals surface area contributed by atoms with Crippen LogP contribution in [0.2, 0.25) is 0 Å². The van der Waals surface area contributed by atoms with Crippen molar-refractivity contribution in [3.05, 3.63) is 42.5 Å². The summed E-state index contributed by atoms with van der Waals surface area (Å²) < 4.78 is 1.64. The maximum Gasteiger partial charge on any atom is 0.307 e. The van der Waals surface area contributed by atoms with Gasteiger partial charge in [-0.2, -0.15) is 5.10 Å². The first-order chi connectivity index (χ1) is 10.1. The summed E-state index contributed by atoms with van der Waals surface area (Å²) in [5, 5.41) is 15.6. The van der Waals surface area contributed by atoms with Crippen molar-refractivity contribution < 1.29 is 14.7 Å². The number of nitrogens with zero attached hydrogens (tertiary/aromatic N) is 3. The highest BCUT2D eigenvalue weighted by molar-refractivity contribution is 5.89. The lowest BCUT2D eigenvalue weighted by atomic mass is 10.2. The molecule has 2 aromatic rings. The first-order valence-electron chi connectivity index (χ1n) is 6.59. The van der Waals surface area contributed by atoms with Crippen molar-refractivity contribution in [2.75, 3.05) is 0 Å². The fraction of sp³-hybridized carbons (Fsp3) is 0.286. The molecule has 108 valence electrons. The number of hydrogen-bond acceptors (Lipinski definition) is 4. The van der Waals surface area contributed by atoms with Gasteiger partial charge in [-0.15, -0.1) is 0 Å². The Morgan fingerprint density at radius 3 is 2.62 bits per heavy atom. The van der Waals surface area contributed by atoms with E-state index in [4.69, 9.17) is 5.11 Å². The third kappa shape index (κ3) is 2.91. The predicted octanol–water partition coefficient (Wildman–Crippen LogP) is 0.604. The number of carbonyl (C=O) groups is 2. The van der Waals surface area contributed by atoms with Crippen molar-refractivity contribution in [3.8, 4) is 5.69 Å². The number of amides is 1. The lowest BCUT2D eigenvalue weighted by molar-refractivity contribution is -0.140. The molecule has 3 rings (SSSR count). The third-order valence-electron chi connectivity index (χ3n) is 3.53. The molecule has 1 heterocycles. The molecular weight excluding hydrogens is 272 g/mol. The Kier molecular flexibility index (Phi) is 3.39. The number of aliphatic carboxylic acids is 1. The van der Waals surface area contributed by atoms with Gasteiger partial charge in [0.15, 0.2) is 0 Å². The van der Waals surface area contributed by atoms with Crippen LogP contribution in [-0.4, -0.2) is 31.7 Å². The summed E-state index contributed by atoms with van der Waals surface area (Å²) in [4.78, 5) is 26.3. The molecule has 7 heteroatoms. The van der Waals surface area contributed by atoms with Crippen molar-refractivity contribution in [2.24, 2.45) is 11.8 Å². The van der Waals surface area contributed by atoms with Gasteiger partial charge in [0.05, 0.1) is 17.5 Å². The number of nitrogens with one attached hydrogen (secondary N) is 1. The van der Waals surface area contributed by atoms with Gasteiger partial charge in [-0.1, -0.05) is 12.1 Å². The average Bonchev–Trinajstić information content (AvgIpc) is 3.12. The molecule has 1 aromatic carbocycles. The quantitative estimate of drug-likeness (QED) is 0.839. The minimum Gasteiger partial charge on any atom is -0.481 e. The first-order valence-corrected chi connectivity index (χ1v) is 6.59. The van der Waals surface area contributed by atoms with Crippen LogP contribution in [0.1, 0.15) is 12.0 Å². The Morgan fingerprint density at radius 2 is 2.05 bits per heavy atom. The van der Waals surface area contributed by atoms with Crippen LogP contribution in [0.15, 0.2) is 36.9 Å². The number of hydrogen-bond donors (Lipinski definition) is 2. The van der Waals surface area contributed by atoms with Crippen LogP contribution in [0.25, 0.3) is 5.69 Å². The molecule has 1 aliphatic carbocycles. The Morgan fingerprint density at radius 1 is 1.29 bits per heavy atom. The normalized spacial score (nSPS) is 20.0. The number of carboxylic acids is 1. The van der Waals surface area contributed by atoms with Crippen LogP contribution in [0.5, 0.6) is 0 Å². The summed E-state index contributed by atoms with van der Waals surface area (Å²) in [6, 6.07) is 7.54. The molecule has 0 saturated heterocycles. The van der Waals surface area contributed by atoms with Crippen molar-refractivity contribution in [3.63, 3.8) is 0 Å². The first kappa shape index (κ1) is 13.3. The summed E-state index contributed by atoms with van der Waals surface area (Å²) in [7, 11) is 0. The van der Waals surface area contributed by atoms with Crippen molar-refractivity contribution in [2.45, 2.75) is 13.0 Å². The molecule has 0 radical (unpaired) electrons. The fourth-order valence-corrected chi connectivity index (χ4v) is 2.19. The molecule has 2 atom stereocenters. The van der Waals surface area contributed by atoms with Crippen LogP contribution in [0.3, 0.4) is 0 Å². The van der Waals surface area contributed by atoms with E-state index in [0.29, 0.717) is 13.0 Å². The second-order valence-corrected chi connectivity index (χ2v) is 5.01. The minimum absolute atomic E-state index is 0.192. The minimum atomic E-state index is -0.896. The fourth-order valence-electron chi connectivity index (χ4n) is 2.19. The van der Waals surface area contributed by atoms with Crippen molar-refractivity contribution in [1.29, 1.82) is 0 Å². The highest BCUT2D eigenvalue weighted by atomic mass is 16.4. The zero-order chi connectivity index (χ0) is 14.8. The number of carbonyl (C=O) groups excluding carboxylic acids is 1. The predicted molar refractivity (Wildman–Crippen MR) is 72.4 cm³/mol. The largest absolute Gasteiger partial charge is 0.481 e. The van der Waals surface area contributed by atoms with Gasteiger partial charge < -0.3 is 10.4 Å². The van der Waals surface area contributed by atoms with Gasteiger partial charge in [0.2, 0.25) is 5.91 Å². The van der Waals surface area contributed by atoms with E-state index in [2.05, 4.69) is 15.4 Å². The smallest absolute Gasteiger partial charge is 0.307 e. The molecule has 0 aliphatic heterocycles. The maximum absolute atomic E-state index is 11.8. The van der Waals surface area contributed by atoms with Gasteiger partial charge in [0, 0.05) is 6.54 Å². The monoisotopic (exact) mass is 286 g/mol. The van der Waals surface area contributed by atoms with E-state index in [-0.39, 0.29) is 11.8 Å². The molecular formula is C14H14N4O3. The zero-order valence-corrected chi connectivity index (χ0v) is 11.1. The Hall–Kier alpha value is -2.70. The number of aromatic nitrogens is 3. The molecule has 2 N–H and O–H groups in total. The number of rotatable bonds is 5. The van der Waals surface area contributed by atoms with Gasteiger partial charge in [0.25, 0.3) is 0 Å². The standard InChI is InChI=1S/C14H14N4O3/c19-13(11-5-12(11)14(20)21)16-6-9-1-3-10(4-2-9)18-8-15-7-17-18/h1-4,7-8,11-12H,5-6H2,(H,16,19)(H,20,21)/t11-,12-/m1/s1. The van der Waals surface area contributed by atoms with Crippen LogP contribution >= 0.6 is 0 Å². The van der Waals surface area contributed by atoms with Gasteiger partial charge in [-0.25, -0.2) is 9.67 Å². The third-order valence-corrected chi connectivity index (χ3v) is 3.53. The van der Waals surface area contributed by atoms with E-state index in [1.165, 1.54) is 6.33 Å². The highest BCUT2D eigenvalue weighted by Crippen LogP contribution is 2.38. The van der Waals surface area contributed by atoms with Crippen LogP contribution in [-0.2, 0) is 16.1 Å². The van der Waals surface area contributed by atoms with E-state index < -0.39 is 11.9 Å². The summed E-state index contributed by atoms with van der Waals surface area (Å²) in [6.07, 6.45) is 3.50. The molecule has 1 fully saturated rings. The number of benzene rings is 1. The van der Waals surface area contributed by atoms with Gasteiger partial charge >= 0.3 is 5.97 Å². The summed E-state index contributed by atoms with van der Waals surface area (Å²) in [5.41, 5.74) is 1.83. The van der Waals surface area contributed by atoms with Crippen LogP contribution in [0.4, 0.5) is 0 Å². The van der Waals surface area contributed by atoms with Crippen LogP contribution < -0.4 is 5.32 Å². The summed E-state index contributed by atoms with van der Waals surface area (Å²) in [5.74, 6) is -1.98. The molecule has 21 heavy (non-hydrogen) atoms. The maximum atomic E-state index is 11.8. The van der Waals surface area contributed by atoms with E-state index in [1.54, 1.807) is 11.0 Å². The lowest BCUT2D eigenvalue weighted by Crippen LogP contribution is -2.25.